The van der Waals surface area contributed by atoms with Crippen molar-refractivity contribution in [2.24, 2.45) is 0 Å². The quantitative estimate of drug-likeness (QED) is 0.417. The zero-order valence-corrected chi connectivity index (χ0v) is 22.0. The second-order valence-electron chi connectivity index (χ2n) is 9.93. The van der Waals surface area contributed by atoms with E-state index in [0.717, 1.165) is 42.2 Å². The number of hydrogen-bond acceptors (Lipinski definition) is 8. The summed E-state index contributed by atoms with van der Waals surface area (Å²) < 4.78 is 11.9. The molecule has 0 aliphatic carbocycles. The minimum Gasteiger partial charge on any atom is -0.488 e. The molecule has 1 saturated heterocycles. The Hall–Kier alpha value is -3.89. The van der Waals surface area contributed by atoms with Crippen LogP contribution in [0, 0.1) is 0 Å². The number of carbonyl (C=O) groups excluding carboxylic acids is 1. The molecular formula is C28H34N6O4. The molecule has 5 rings (SSSR count). The number of aliphatic hydroxyl groups is 1. The van der Waals surface area contributed by atoms with Gasteiger partial charge in [0, 0.05) is 49.5 Å². The predicted octanol–water partition coefficient (Wildman–Crippen LogP) is 3.13. The van der Waals surface area contributed by atoms with Gasteiger partial charge in [-0.3, -0.25) is 4.79 Å². The molecule has 0 spiro atoms. The highest BCUT2D eigenvalue weighted by atomic mass is 16.5. The number of rotatable bonds is 8. The number of carbonyl (C=O) groups is 1. The molecule has 38 heavy (non-hydrogen) atoms. The lowest BCUT2D eigenvalue weighted by Crippen LogP contribution is -2.47. The lowest BCUT2D eigenvalue weighted by molar-refractivity contribution is 0.0657. The highest BCUT2D eigenvalue weighted by Gasteiger charge is 2.22. The number of aliphatic hydroxyl groups excluding tert-OH is 1. The summed E-state index contributed by atoms with van der Waals surface area (Å²) in [4.78, 5) is 28.9. The maximum absolute atomic E-state index is 12.8. The Balaban J connectivity index is 1.35. The Bertz CT molecular complexity index is 1300. The topological polar surface area (TPSA) is 116 Å². The molecule has 10 nitrogen and oxygen atoms in total. The monoisotopic (exact) mass is 518 g/mol. The highest BCUT2D eigenvalue weighted by molar-refractivity contribution is 5.92. The summed E-state index contributed by atoms with van der Waals surface area (Å²) in [5.41, 5.74) is 4.14. The minimum absolute atomic E-state index is 0.112. The van der Waals surface area contributed by atoms with Gasteiger partial charge in [0.1, 0.15) is 23.3 Å². The van der Waals surface area contributed by atoms with E-state index in [0.29, 0.717) is 36.3 Å². The zero-order chi connectivity index (χ0) is 26.6. The van der Waals surface area contributed by atoms with Gasteiger partial charge in [-0.25, -0.2) is 9.97 Å². The predicted molar refractivity (Wildman–Crippen MR) is 144 cm³/mol. The van der Waals surface area contributed by atoms with Crippen molar-refractivity contribution < 1.29 is 19.4 Å². The zero-order valence-electron chi connectivity index (χ0n) is 22.0. The smallest absolute Gasteiger partial charge is 0.274 e. The fourth-order valence-corrected chi connectivity index (χ4v) is 4.48. The van der Waals surface area contributed by atoms with Gasteiger partial charge in [-0.2, -0.15) is 0 Å². The molecule has 2 aromatic heterocycles. The molecule has 3 aromatic rings. The number of nitrogens with one attached hydrogen (secondary N) is 2. The van der Waals surface area contributed by atoms with Crippen molar-refractivity contribution >= 4 is 11.6 Å². The first-order chi connectivity index (χ1) is 18.4. The molecule has 0 bridgehead atoms. The van der Waals surface area contributed by atoms with Gasteiger partial charge in [-0.1, -0.05) is 6.08 Å². The summed E-state index contributed by atoms with van der Waals surface area (Å²) in [5, 5.41) is 13.0. The number of piperazine rings is 1. The second-order valence-corrected chi connectivity index (χ2v) is 9.93. The summed E-state index contributed by atoms with van der Waals surface area (Å²) in [7, 11) is 2.04. The maximum atomic E-state index is 12.8. The van der Waals surface area contributed by atoms with Crippen molar-refractivity contribution in [3.63, 3.8) is 0 Å². The normalized spacial score (nSPS) is 18.6. The van der Waals surface area contributed by atoms with Crippen LogP contribution in [0.25, 0.3) is 17.0 Å². The van der Waals surface area contributed by atoms with Crippen molar-refractivity contribution in [2.45, 2.75) is 32.4 Å². The number of benzene rings is 1. The Labute approximate surface area is 222 Å². The van der Waals surface area contributed by atoms with Gasteiger partial charge >= 0.3 is 0 Å². The minimum atomic E-state index is -0.383. The van der Waals surface area contributed by atoms with Crippen LogP contribution in [-0.2, 0) is 0 Å². The number of ether oxygens (including phenoxy) is 2. The number of H-pyrrole nitrogens is 1. The van der Waals surface area contributed by atoms with Crippen molar-refractivity contribution in [1.82, 2.24) is 30.1 Å². The lowest BCUT2D eigenvalue weighted by atomic mass is 10.1. The van der Waals surface area contributed by atoms with E-state index in [4.69, 9.17) is 9.47 Å². The molecular weight excluding hydrogens is 484 g/mol. The molecule has 1 amide bonds. The third-order valence-corrected chi connectivity index (χ3v) is 6.70. The van der Waals surface area contributed by atoms with Gasteiger partial charge in [-0.05, 0) is 51.6 Å². The molecule has 3 N–H and O–H groups in total. The molecule has 0 unspecified atom stereocenters. The van der Waals surface area contributed by atoms with Crippen LogP contribution >= 0.6 is 0 Å². The summed E-state index contributed by atoms with van der Waals surface area (Å²) in [5.74, 6) is 1.19. The van der Waals surface area contributed by atoms with Crippen molar-refractivity contribution in [3.8, 4) is 28.6 Å². The third-order valence-electron chi connectivity index (χ3n) is 6.70. The van der Waals surface area contributed by atoms with E-state index in [2.05, 4.69) is 38.2 Å². The van der Waals surface area contributed by atoms with Gasteiger partial charge in [-0.15, -0.1) is 0 Å². The number of aromatic nitrogens is 3. The second kappa shape index (κ2) is 11.2. The van der Waals surface area contributed by atoms with Crippen LogP contribution in [0.3, 0.4) is 0 Å². The third kappa shape index (κ3) is 5.98. The van der Waals surface area contributed by atoms with Crippen LogP contribution in [-0.4, -0.2) is 87.7 Å². The van der Waals surface area contributed by atoms with Gasteiger partial charge in [0.05, 0.1) is 30.4 Å². The van der Waals surface area contributed by atoms with Gasteiger partial charge < -0.3 is 34.7 Å². The van der Waals surface area contributed by atoms with Crippen LogP contribution < -0.4 is 14.8 Å². The van der Waals surface area contributed by atoms with Gasteiger partial charge in [0.15, 0.2) is 0 Å². The Morgan fingerprint density at radius 1 is 1.11 bits per heavy atom. The number of nitrogens with zero attached hydrogens (tertiary/aromatic N) is 4. The molecule has 4 heterocycles. The Morgan fingerprint density at radius 3 is 2.55 bits per heavy atom. The summed E-state index contributed by atoms with van der Waals surface area (Å²) >= 11 is 0. The fraction of sp³-hybridized carbons (Fsp3) is 0.393. The van der Waals surface area contributed by atoms with Gasteiger partial charge in [0.25, 0.3) is 5.91 Å². The molecule has 10 heteroatoms. The van der Waals surface area contributed by atoms with E-state index in [-0.39, 0.29) is 24.5 Å². The lowest BCUT2D eigenvalue weighted by Gasteiger charge is -2.32. The van der Waals surface area contributed by atoms with Crippen LogP contribution in [0.5, 0.6) is 17.4 Å². The fourth-order valence-electron chi connectivity index (χ4n) is 4.48. The van der Waals surface area contributed by atoms with Crippen LogP contribution in [0.4, 0.5) is 0 Å². The van der Waals surface area contributed by atoms with E-state index >= 15 is 0 Å². The molecule has 200 valence electrons. The van der Waals surface area contributed by atoms with Crippen molar-refractivity contribution in [1.29, 1.82) is 0 Å². The van der Waals surface area contributed by atoms with E-state index in [9.17, 15) is 9.90 Å². The van der Waals surface area contributed by atoms with E-state index in [1.807, 2.05) is 31.3 Å². The molecule has 0 saturated carbocycles. The highest BCUT2D eigenvalue weighted by Crippen LogP contribution is 2.33. The molecule has 2 aliphatic rings. The first-order valence-electron chi connectivity index (χ1n) is 12.9. The van der Waals surface area contributed by atoms with Crippen LogP contribution in [0.2, 0.25) is 0 Å². The number of likely N-dealkylation sites (N-methyl/N-ethyl adjacent to an activating group) is 1. The Kier molecular flexibility index (Phi) is 7.62. The van der Waals surface area contributed by atoms with Crippen molar-refractivity contribution in [3.05, 3.63) is 60.2 Å². The number of amides is 1. The molecule has 1 aromatic carbocycles. The maximum Gasteiger partial charge on any atom is 0.274 e. The summed E-state index contributed by atoms with van der Waals surface area (Å²) in [6, 6.07) is 9.99. The van der Waals surface area contributed by atoms with Crippen molar-refractivity contribution in [2.75, 3.05) is 39.8 Å². The molecule has 2 atom stereocenters. The number of hydrogen-bond donors (Lipinski definition) is 3. The molecule has 1 fully saturated rings. The summed E-state index contributed by atoms with van der Waals surface area (Å²) in [6.45, 7) is 6.85. The largest absolute Gasteiger partial charge is 0.488 e. The van der Waals surface area contributed by atoms with E-state index < -0.39 is 0 Å². The summed E-state index contributed by atoms with van der Waals surface area (Å²) in [6.07, 6.45) is 5.70. The van der Waals surface area contributed by atoms with E-state index in [1.54, 1.807) is 17.9 Å². The first-order valence-corrected chi connectivity index (χ1v) is 12.9. The number of aromatic amines is 1. The first kappa shape index (κ1) is 25.7. The van der Waals surface area contributed by atoms with E-state index in [1.165, 1.54) is 12.4 Å². The average Bonchev–Trinajstić information content (AvgIpc) is 3.58. The Morgan fingerprint density at radius 2 is 1.87 bits per heavy atom. The molecule has 2 aliphatic heterocycles. The van der Waals surface area contributed by atoms with Crippen LogP contribution in [0.15, 0.2) is 48.8 Å². The molecule has 0 radical (unpaired) electrons. The SMILES string of the molecule is C[C@H]1CC=C(c2ccc(-c3cc(Oc4cnc(C(=O)N5CCN(C)CC5)cn4)cc(O[C@@H](C)CO)c3)[nH]2)N1. The van der Waals surface area contributed by atoms with Crippen LogP contribution in [0.1, 0.15) is 36.5 Å². The average molecular weight is 519 g/mol. The van der Waals surface area contributed by atoms with Gasteiger partial charge in [0.2, 0.25) is 5.88 Å². The standard InChI is InChI=1S/C28H34N6O4/c1-18-4-5-24(31-18)25-7-6-23(32-25)20-12-21(37-19(2)17-35)14-22(13-20)38-27-16-29-26(15-30-27)28(36)34-10-8-33(3)9-11-34/h5-7,12-16,18-19,31-32,35H,4,8-11,17H2,1-3H3/t18-,19-/m0/s1.